The third-order valence-electron chi connectivity index (χ3n) is 5.28. The van der Waals surface area contributed by atoms with Crippen LogP contribution < -0.4 is 15.4 Å². The number of aromatic nitrogens is 1. The van der Waals surface area contributed by atoms with Gasteiger partial charge in [-0.3, -0.25) is 4.98 Å². The number of anilines is 1. The molecule has 0 spiro atoms. The van der Waals surface area contributed by atoms with Crippen molar-refractivity contribution in [3.05, 3.63) is 114 Å². The fourth-order valence-electron chi connectivity index (χ4n) is 3.57. The molecule has 0 atom stereocenters. The van der Waals surface area contributed by atoms with Crippen molar-refractivity contribution in [3.8, 4) is 16.9 Å². The zero-order valence-corrected chi connectivity index (χ0v) is 18.6. The average molecular weight is 438 g/mol. The second-order valence-corrected chi connectivity index (χ2v) is 7.82. The normalized spacial score (nSPS) is 10.5. The predicted molar refractivity (Wildman–Crippen MR) is 132 cm³/mol. The molecular formula is C28H27N3O2. The highest BCUT2D eigenvalue weighted by molar-refractivity contribution is 5.89. The van der Waals surface area contributed by atoms with Crippen LogP contribution in [0.1, 0.15) is 16.7 Å². The largest absolute Gasteiger partial charge is 0.493 e. The van der Waals surface area contributed by atoms with Crippen molar-refractivity contribution in [2.24, 2.45) is 0 Å². The van der Waals surface area contributed by atoms with E-state index in [-0.39, 0.29) is 6.03 Å². The van der Waals surface area contributed by atoms with Crippen molar-refractivity contribution in [1.29, 1.82) is 0 Å². The minimum absolute atomic E-state index is 0.264. The number of ether oxygens (including phenoxy) is 1. The molecule has 166 valence electrons. The van der Waals surface area contributed by atoms with Gasteiger partial charge in [0.2, 0.25) is 0 Å². The SMILES string of the molecule is Cc1ccc(CCOc2ccc(NC(=O)NCc3cccnc3)cc2)c(-c2ccccc2)c1. The van der Waals surface area contributed by atoms with Crippen LogP contribution in [0.5, 0.6) is 5.75 Å². The van der Waals surface area contributed by atoms with E-state index in [0.717, 1.165) is 17.7 Å². The molecule has 0 aliphatic carbocycles. The van der Waals surface area contributed by atoms with Crippen molar-refractivity contribution >= 4 is 11.7 Å². The zero-order chi connectivity index (χ0) is 22.9. The van der Waals surface area contributed by atoms with Crippen molar-refractivity contribution in [2.45, 2.75) is 19.9 Å². The number of hydrogen-bond acceptors (Lipinski definition) is 3. The Morgan fingerprint density at radius 3 is 2.52 bits per heavy atom. The Morgan fingerprint density at radius 1 is 0.939 bits per heavy atom. The molecule has 0 radical (unpaired) electrons. The van der Waals surface area contributed by atoms with Gasteiger partial charge >= 0.3 is 6.03 Å². The molecule has 0 unspecified atom stereocenters. The fourth-order valence-corrected chi connectivity index (χ4v) is 3.57. The van der Waals surface area contributed by atoms with E-state index >= 15 is 0 Å². The van der Waals surface area contributed by atoms with Crippen LogP contribution in [0.15, 0.2) is 97.3 Å². The van der Waals surface area contributed by atoms with E-state index in [1.807, 2.05) is 42.5 Å². The molecule has 1 heterocycles. The van der Waals surface area contributed by atoms with Crippen molar-refractivity contribution in [1.82, 2.24) is 10.3 Å². The van der Waals surface area contributed by atoms with Crippen molar-refractivity contribution in [2.75, 3.05) is 11.9 Å². The number of urea groups is 1. The first-order valence-corrected chi connectivity index (χ1v) is 11.0. The highest BCUT2D eigenvalue weighted by atomic mass is 16.5. The summed E-state index contributed by atoms with van der Waals surface area (Å²) in [5.74, 6) is 0.768. The van der Waals surface area contributed by atoms with Gasteiger partial charge in [0.25, 0.3) is 0 Å². The predicted octanol–water partition coefficient (Wildman–Crippen LogP) is 6.00. The van der Waals surface area contributed by atoms with Crippen LogP contribution in [0.3, 0.4) is 0 Å². The first-order valence-electron chi connectivity index (χ1n) is 11.0. The number of aryl methyl sites for hydroxylation is 1. The summed E-state index contributed by atoms with van der Waals surface area (Å²) in [4.78, 5) is 16.1. The number of nitrogens with zero attached hydrogens (tertiary/aromatic N) is 1. The van der Waals surface area contributed by atoms with Gasteiger partial charge in [0.15, 0.2) is 0 Å². The molecule has 0 aliphatic rings. The van der Waals surface area contributed by atoms with Crippen LogP contribution in [0.2, 0.25) is 0 Å². The van der Waals surface area contributed by atoms with Crippen LogP contribution in [0.4, 0.5) is 10.5 Å². The van der Waals surface area contributed by atoms with Gasteiger partial charge in [-0.2, -0.15) is 0 Å². The van der Waals surface area contributed by atoms with Crippen LogP contribution in [0.25, 0.3) is 11.1 Å². The lowest BCUT2D eigenvalue weighted by Gasteiger charge is -2.13. The molecule has 5 nitrogen and oxygen atoms in total. The molecule has 4 aromatic rings. The molecule has 5 heteroatoms. The summed E-state index contributed by atoms with van der Waals surface area (Å²) in [5, 5.41) is 5.64. The van der Waals surface area contributed by atoms with Gasteiger partial charge in [0.05, 0.1) is 6.61 Å². The van der Waals surface area contributed by atoms with Crippen LogP contribution >= 0.6 is 0 Å². The highest BCUT2D eigenvalue weighted by Crippen LogP contribution is 2.25. The van der Waals surface area contributed by atoms with E-state index in [1.54, 1.807) is 12.4 Å². The Labute approximate surface area is 194 Å². The lowest BCUT2D eigenvalue weighted by molar-refractivity contribution is 0.251. The molecule has 1 aromatic heterocycles. The molecule has 4 rings (SSSR count). The number of rotatable bonds is 8. The molecule has 2 N–H and O–H groups in total. The maximum Gasteiger partial charge on any atom is 0.319 e. The molecule has 0 bridgehead atoms. The monoisotopic (exact) mass is 437 g/mol. The first-order chi connectivity index (χ1) is 16.2. The Hall–Kier alpha value is -4.12. The Bertz CT molecular complexity index is 1180. The Kier molecular flexibility index (Phi) is 7.33. The summed E-state index contributed by atoms with van der Waals surface area (Å²) in [6.07, 6.45) is 4.24. The molecule has 3 aromatic carbocycles. The number of hydrogen-bond donors (Lipinski definition) is 2. The van der Waals surface area contributed by atoms with E-state index in [2.05, 4.69) is 65.0 Å². The van der Waals surface area contributed by atoms with Crippen molar-refractivity contribution in [3.63, 3.8) is 0 Å². The molecule has 0 aliphatic heterocycles. The summed E-state index contributed by atoms with van der Waals surface area (Å²) in [6, 6.07) is 27.9. The van der Waals surface area contributed by atoms with Gasteiger partial charge in [0.1, 0.15) is 5.75 Å². The number of nitrogens with one attached hydrogen (secondary N) is 2. The third-order valence-corrected chi connectivity index (χ3v) is 5.28. The molecule has 0 saturated heterocycles. The van der Waals surface area contributed by atoms with Crippen LogP contribution in [-0.2, 0) is 13.0 Å². The average Bonchev–Trinajstić information content (AvgIpc) is 2.86. The Morgan fingerprint density at radius 2 is 1.76 bits per heavy atom. The van der Waals surface area contributed by atoms with Gasteiger partial charge in [-0.15, -0.1) is 0 Å². The number of carbonyl (C=O) groups is 1. The summed E-state index contributed by atoms with van der Waals surface area (Å²) < 4.78 is 5.96. The topological polar surface area (TPSA) is 63.2 Å². The van der Waals surface area contributed by atoms with Crippen molar-refractivity contribution < 1.29 is 9.53 Å². The number of amides is 2. The van der Waals surface area contributed by atoms with Gasteiger partial charge in [-0.25, -0.2) is 4.79 Å². The fraction of sp³-hybridized carbons (Fsp3) is 0.143. The third kappa shape index (κ3) is 6.43. The first kappa shape index (κ1) is 22.1. The van der Waals surface area contributed by atoms with E-state index in [1.165, 1.54) is 22.3 Å². The number of benzene rings is 3. The Balaban J connectivity index is 1.28. The van der Waals surface area contributed by atoms with Gasteiger partial charge in [-0.05, 0) is 59.5 Å². The number of pyridine rings is 1. The van der Waals surface area contributed by atoms with E-state index in [4.69, 9.17) is 4.74 Å². The van der Waals surface area contributed by atoms with E-state index in [9.17, 15) is 4.79 Å². The molecule has 0 fully saturated rings. The maximum atomic E-state index is 12.1. The van der Waals surface area contributed by atoms with Gasteiger partial charge in [0, 0.05) is 31.0 Å². The molecule has 2 amide bonds. The minimum atomic E-state index is -0.264. The maximum absolute atomic E-state index is 12.1. The number of carbonyl (C=O) groups excluding carboxylic acids is 1. The summed E-state index contributed by atoms with van der Waals surface area (Å²) in [7, 11) is 0. The standard InChI is InChI=1S/C28H27N3O2/c1-21-9-10-24(27(18-21)23-7-3-2-4-8-23)15-17-33-26-13-11-25(12-14-26)31-28(32)30-20-22-6-5-16-29-19-22/h2-14,16,18-19H,15,17,20H2,1H3,(H2,30,31,32). The second-order valence-electron chi connectivity index (χ2n) is 7.82. The molecular weight excluding hydrogens is 410 g/mol. The van der Waals surface area contributed by atoms with Gasteiger partial charge in [-0.1, -0.05) is 60.2 Å². The van der Waals surface area contributed by atoms with E-state index in [0.29, 0.717) is 18.8 Å². The molecule has 33 heavy (non-hydrogen) atoms. The van der Waals surface area contributed by atoms with Crippen LogP contribution in [0, 0.1) is 6.92 Å². The smallest absolute Gasteiger partial charge is 0.319 e. The molecule has 0 saturated carbocycles. The minimum Gasteiger partial charge on any atom is -0.493 e. The summed E-state index contributed by atoms with van der Waals surface area (Å²) >= 11 is 0. The van der Waals surface area contributed by atoms with Gasteiger partial charge < -0.3 is 15.4 Å². The highest BCUT2D eigenvalue weighted by Gasteiger charge is 2.07. The summed E-state index contributed by atoms with van der Waals surface area (Å²) in [6.45, 7) is 3.10. The van der Waals surface area contributed by atoms with E-state index < -0.39 is 0 Å². The zero-order valence-electron chi connectivity index (χ0n) is 18.6. The lowest BCUT2D eigenvalue weighted by atomic mass is 9.96. The quantitative estimate of drug-likeness (QED) is 0.355. The second kappa shape index (κ2) is 11.0. The van der Waals surface area contributed by atoms with Crippen LogP contribution in [-0.4, -0.2) is 17.6 Å². The lowest BCUT2D eigenvalue weighted by Crippen LogP contribution is -2.28. The summed E-state index contributed by atoms with van der Waals surface area (Å²) in [5.41, 5.74) is 6.61.